The van der Waals surface area contributed by atoms with Crippen molar-refractivity contribution in [1.29, 1.82) is 0 Å². The molecule has 1 amide bonds. The molecule has 0 unspecified atom stereocenters. The Labute approximate surface area is 136 Å². The van der Waals surface area contributed by atoms with Gasteiger partial charge in [0.05, 0.1) is 10.3 Å². The van der Waals surface area contributed by atoms with Crippen LogP contribution in [-0.2, 0) is 20.7 Å². The van der Waals surface area contributed by atoms with E-state index in [4.69, 9.17) is 4.74 Å². The first kappa shape index (κ1) is 15.8. The summed E-state index contributed by atoms with van der Waals surface area (Å²) in [7, 11) is 0. The van der Waals surface area contributed by atoms with Crippen LogP contribution >= 0.6 is 22.6 Å². The number of halogens is 1. The van der Waals surface area contributed by atoms with Gasteiger partial charge in [-0.05, 0) is 41.1 Å². The highest BCUT2D eigenvalue weighted by Gasteiger charge is 2.24. The van der Waals surface area contributed by atoms with Crippen LogP contribution in [0.3, 0.4) is 0 Å². The number of hydrogen-bond donors (Lipinski definition) is 2. The highest BCUT2D eigenvalue weighted by Crippen LogP contribution is 2.25. The van der Waals surface area contributed by atoms with E-state index >= 15 is 0 Å². The average Bonchev–Trinajstić information content (AvgIpc) is 2.74. The van der Waals surface area contributed by atoms with Crippen molar-refractivity contribution >= 4 is 45.4 Å². The van der Waals surface area contributed by atoms with Crippen LogP contribution < -0.4 is 5.32 Å². The molecule has 0 aliphatic carbocycles. The zero-order chi connectivity index (χ0) is 15.4. The third-order valence-corrected chi connectivity index (χ3v) is 4.04. The number of amides is 1. The Morgan fingerprint density at radius 1 is 1.38 bits per heavy atom. The van der Waals surface area contributed by atoms with Gasteiger partial charge in [-0.15, -0.1) is 0 Å². The predicted molar refractivity (Wildman–Crippen MR) is 89.0 cm³/mol. The van der Waals surface area contributed by atoms with Crippen LogP contribution in [0, 0.1) is 3.70 Å². The Kier molecular flexibility index (Phi) is 5.22. The first-order valence-electron chi connectivity index (χ1n) is 6.71. The third kappa shape index (κ3) is 3.75. The van der Waals surface area contributed by atoms with E-state index < -0.39 is 12.0 Å². The molecule has 6 heteroatoms. The number of fused-ring (bicyclic) bond motifs is 1. The summed E-state index contributed by atoms with van der Waals surface area (Å²) in [5.74, 6) is -0.656. The normalized spacial score (nSPS) is 12.1. The Bertz CT molecular complexity index is 666. The second-order valence-corrected chi connectivity index (χ2v) is 5.75. The molecule has 0 radical (unpaired) electrons. The van der Waals surface area contributed by atoms with Crippen molar-refractivity contribution in [3.05, 3.63) is 33.5 Å². The van der Waals surface area contributed by atoms with Crippen molar-refractivity contribution in [2.24, 2.45) is 0 Å². The van der Waals surface area contributed by atoms with E-state index in [9.17, 15) is 9.59 Å². The monoisotopic (exact) mass is 400 g/mol. The van der Waals surface area contributed by atoms with Gasteiger partial charge in [-0.1, -0.05) is 18.2 Å². The van der Waals surface area contributed by atoms with Crippen LogP contribution in [-0.4, -0.2) is 29.5 Å². The van der Waals surface area contributed by atoms with E-state index in [0.29, 0.717) is 13.0 Å². The Morgan fingerprint density at radius 3 is 2.76 bits per heavy atom. The maximum atomic E-state index is 12.0. The molecule has 2 rings (SSSR count). The number of para-hydroxylation sites is 1. The van der Waals surface area contributed by atoms with Crippen LogP contribution in [0.5, 0.6) is 0 Å². The molecule has 0 aliphatic rings. The standard InChI is InChI=1S/C15H17IN2O3/c1-3-21-15(20)13(17-9(2)19)8-11-10-6-4-5-7-12(10)18-14(11)16/h4-7,13,18H,3,8H2,1-2H3,(H,17,19)/t13-/m0/s1. The Morgan fingerprint density at radius 2 is 2.10 bits per heavy atom. The molecule has 1 atom stereocenters. The van der Waals surface area contributed by atoms with Gasteiger partial charge < -0.3 is 15.0 Å². The summed E-state index contributed by atoms with van der Waals surface area (Å²) in [6.45, 7) is 3.44. The highest BCUT2D eigenvalue weighted by molar-refractivity contribution is 14.1. The summed E-state index contributed by atoms with van der Waals surface area (Å²) >= 11 is 2.20. The van der Waals surface area contributed by atoms with Gasteiger partial charge in [-0.25, -0.2) is 4.79 Å². The molecule has 5 nitrogen and oxygen atoms in total. The number of nitrogens with one attached hydrogen (secondary N) is 2. The van der Waals surface area contributed by atoms with E-state index in [1.807, 2.05) is 24.3 Å². The molecule has 0 aliphatic heterocycles. The molecule has 0 fully saturated rings. The van der Waals surface area contributed by atoms with E-state index in [2.05, 4.69) is 32.9 Å². The summed E-state index contributed by atoms with van der Waals surface area (Å²) in [4.78, 5) is 26.6. The number of ether oxygens (including phenoxy) is 1. The number of aromatic amines is 1. The zero-order valence-corrected chi connectivity index (χ0v) is 14.1. The molecule has 1 heterocycles. The van der Waals surface area contributed by atoms with Gasteiger partial charge in [0.1, 0.15) is 6.04 Å². The fraction of sp³-hybridized carbons (Fsp3) is 0.333. The van der Waals surface area contributed by atoms with Gasteiger partial charge >= 0.3 is 5.97 Å². The predicted octanol–water partition coefficient (Wildman–Crippen LogP) is 2.38. The van der Waals surface area contributed by atoms with E-state index in [0.717, 1.165) is 20.2 Å². The summed E-state index contributed by atoms with van der Waals surface area (Å²) in [6.07, 6.45) is 0.403. The van der Waals surface area contributed by atoms with E-state index in [1.165, 1.54) is 6.92 Å². The second-order valence-electron chi connectivity index (χ2n) is 4.67. The minimum atomic E-state index is -0.671. The Balaban J connectivity index is 2.31. The van der Waals surface area contributed by atoms with Crippen molar-refractivity contribution in [3.63, 3.8) is 0 Å². The van der Waals surface area contributed by atoms with Crippen LogP contribution in [0.4, 0.5) is 0 Å². The number of esters is 1. The molecule has 112 valence electrons. The summed E-state index contributed by atoms with van der Waals surface area (Å²) in [6, 6.07) is 7.22. The quantitative estimate of drug-likeness (QED) is 0.598. The van der Waals surface area contributed by atoms with Crippen molar-refractivity contribution < 1.29 is 14.3 Å². The van der Waals surface area contributed by atoms with Gasteiger partial charge in [-0.2, -0.15) is 0 Å². The second kappa shape index (κ2) is 6.93. The summed E-state index contributed by atoms with van der Waals surface area (Å²) in [5.41, 5.74) is 2.03. The first-order valence-corrected chi connectivity index (χ1v) is 7.79. The molecule has 0 spiro atoms. The average molecular weight is 400 g/mol. The van der Waals surface area contributed by atoms with Crippen LogP contribution in [0.2, 0.25) is 0 Å². The maximum Gasteiger partial charge on any atom is 0.328 e. The SMILES string of the molecule is CCOC(=O)[C@H](Cc1c(I)[nH]c2ccccc12)NC(C)=O. The first-order chi connectivity index (χ1) is 10.0. The number of carbonyl (C=O) groups is 2. The van der Waals surface area contributed by atoms with Crippen LogP contribution in [0.15, 0.2) is 24.3 Å². The molecular weight excluding hydrogens is 383 g/mol. The molecule has 1 aromatic heterocycles. The lowest BCUT2D eigenvalue weighted by Crippen LogP contribution is -2.42. The summed E-state index contributed by atoms with van der Waals surface area (Å²) in [5, 5.41) is 3.72. The van der Waals surface area contributed by atoms with Crippen molar-refractivity contribution in [3.8, 4) is 0 Å². The fourth-order valence-corrected chi connectivity index (χ4v) is 3.05. The molecule has 0 saturated carbocycles. The van der Waals surface area contributed by atoms with Crippen molar-refractivity contribution in [2.45, 2.75) is 26.3 Å². The van der Waals surface area contributed by atoms with E-state index in [-0.39, 0.29) is 5.91 Å². The highest BCUT2D eigenvalue weighted by atomic mass is 127. The zero-order valence-electron chi connectivity index (χ0n) is 11.9. The number of hydrogen-bond acceptors (Lipinski definition) is 3. The van der Waals surface area contributed by atoms with Gasteiger partial charge in [0.2, 0.25) is 5.91 Å². The fourth-order valence-electron chi connectivity index (χ4n) is 2.25. The van der Waals surface area contributed by atoms with Gasteiger partial charge in [0.15, 0.2) is 0 Å². The number of aromatic nitrogens is 1. The largest absolute Gasteiger partial charge is 0.464 e. The molecule has 2 aromatic rings. The molecule has 21 heavy (non-hydrogen) atoms. The molecule has 0 bridgehead atoms. The number of rotatable bonds is 5. The molecule has 2 N–H and O–H groups in total. The van der Waals surface area contributed by atoms with E-state index in [1.54, 1.807) is 6.92 Å². The third-order valence-electron chi connectivity index (χ3n) is 3.12. The minimum absolute atomic E-state index is 0.247. The molecular formula is C15H17IN2O3. The van der Waals surface area contributed by atoms with Gasteiger partial charge in [0, 0.05) is 24.2 Å². The summed E-state index contributed by atoms with van der Waals surface area (Å²) < 4.78 is 6.01. The van der Waals surface area contributed by atoms with Crippen LogP contribution in [0.25, 0.3) is 10.9 Å². The number of H-pyrrole nitrogens is 1. The van der Waals surface area contributed by atoms with Crippen LogP contribution in [0.1, 0.15) is 19.4 Å². The number of benzene rings is 1. The van der Waals surface area contributed by atoms with Gasteiger partial charge in [0.25, 0.3) is 0 Å². The topological polar surface area (TPSA) is 71.2 Å². The lowest BCUT2D eigenvalue weighted by molar-refractivity contribution is -0.147. The number of carbonyl (C=O) groups excluding carboxylic acids is 2. The lowest BCUT2D eigenvalue weighted by Gasteiger charge is -2.16. The lowest BCUT2D eigenvalue weighted by atomic mass is 10.0. The molecule has 0 saturated heterocycles. The van der Waals surface area contributed by atoms with Gasteiger partial charge in [-0.3, -0.25) is 4.79 Å². The Hall–Kier alpha value is -1.57. The van der Waals surface area contributed by atoms with Crippen molar-refractivity contribution in [2.75, 3.05) is 6.61 Å². The maximum absolute atomic E-state index is 12.0. The smallest absolute Gasteiger partial charge is 0.328 e. The van der Waals surface area contributed by atoms with Crippen molar-refractivity contribution in [1.82, 2.24) is 10.3 Å². The molecule has 1 aromatic carbocycles. The minimum Gasteiger partial charge on any atom is -0.464 e.